The molecule has 12 nitrogen and oxygen atoms in total. The molecule has 0 saturated heterocycles. The molecule has 0 aromatic carbocycles. The van der Waals surface area contributed by atoms with Crippen LogP contribution in [0.1, 0.15) is 77.0 Å². The van der Waals surface area contributed by atoms with Crippen LogP contribution in [0.3, 0.4) is 0 Å². The van der Waals surface area contributed by atoms with Crippen LogP contribution in [0.25, 0.3) is 0 Å². The van der Waals surface area contributed by atoms with Crippen molar-refractivity contribution in [1.82, 2.24) is 0 Å². The minimum absolute atomic E-state index is 0. The summed E-state index contributed by atoms with van der Waals surface area (Å²) in [4.78, 5) is 0. The maximum atomic E-state index is 6.04. The second-order valence-corrected chi connectivity index (χ2v) is 10.1. The van der Waals surface area contributed by atoms with Crippen LogP contribution in [0.15, 0.2) is 56.2 Å². The summed E-state index contributed by atoms with van der Waals surface area (Å²) in [6.45, 7) is 2.47. The summed E-state index contributed by atoms with van der Waals surface area (Å²) in [5.74, 6) is 0. The first-order valence-electron chi connectivity index (χ1n) is 13.7. The molecule has 39 heavy (non-hydrogen) atoms. The van der Waals surface area contributed by atoms with Crippen molar-refractivity contribution in [3.63, 3.8) is 0 Å². The van der Waals surface area contributed by atoms with Crippen LogP contribution >= 0.6 is 0 Å². The minimum atomic E-state index is -2.63. The van der Waals surface area contributed by atoms with Crippen molar-refractivity contribution in [1.29, 1.82) is 0 Å². The van der Waals surface area contributed by atoms with Crippen LogP contribution < -0.4 is 0 Å². The molecule has 210 valence electrons. The Morgan fingerprint density at radius 3 is 0.846 bits per heavy atom. The predicted octanol–water partition coefficient (Wildman–Crippen LogP) is 5.22. The molecule has 2 bridgehead atoms. The van der Waals surface area contributed by atoms with E-state index in [4.69, 9.17) is 28.5 Å². The average molecular weight is 580 g/mol. The first-order valence-corrected chi connectivity index (χ1v) is 13.7. The number of fused-ring (bicyclic) bond motifs is 6. The van der Waals surface area contributed by atoms with Gasteiger partial charge in [0.15, 0.2) is 0 Å². The van der Waals surface area contributed by atoms with Crippen molar-refractivity contribution in [3.8, 4) is 0 Å². The van der Waals surface area contributed by atoms with E-state index in [1.165, 1.54) is 0 Å². The Labute approximate surface area is 239 Å². The molecule has 0 N–H and O–H groups in total. The molecule has 3 heterocycles. The summed E-state index contributed by atoms with van der Waals surface area (Å²) in [6, 6.07) is 0. The third kappa shape index (κ3) is 6.94. The molecule has 3 aliphatic heterocycles. The quantitative estimate of drug-likeness (QED) is 0.332. The summed E-state index contributed by atoms with van der Waals surface area (Å²) in [5.41, 5.74) is 3.67. The van der Waals surface area contributed by atoms with Crippen molar-refractivity contribution < 1.29 is 45.6 Å². The van der Waals surface area contributed by atoms with Crippen LogP contribution in [0.5, 0.6) is 0 Å². The second kappa shape index (κ2) is 13.3. The van der Waals surface area contributed by atoms with E-state index in [0.29, 0.717) is 72.8 Å². The summed E-state index contributed by atoms with van der Waals surface area (Å²) in [7, 11) is 0. The smallest absolute Gasteiger partial charge is 0.540 e. The van der Waals surface area contributed by atoms with Gasteiger partial charge in [-0.05, 0) is 89.7 Å². The standard InChI is InChI=1S/C24H34B2N6O6.Fe/c1-3-17-25-33-27-19-11-5-8-14-22(19)30-36-26(18-4-2,37-31-23-15-9-6-12-20(23)28-34-25)38-32-24-16-10-7-13-21(24)29-35-25;/h3-4H,1-2,5-18H2;/q-2;+2/b27-19+,28-20+,29-21+,30-22+,31-23+,32-24+;. The zero-order valence-corrected chi connectivity index (χ0v) is 23.2. The van der Waals surface area contributed by atoms with E-state index in [2.05, 4.69) is 44.1 Å². The normalized spacial score (nSPS) is 36.8. The molecule has 3 aliphatic carbocycles. The van der Waals surface area contributed by atoms with Crippen LogP contribution in [-0.2, 0) is 45.6 Å². The number of hydrogen-bond donors (Lipinski definition) is 0. The Morgan fingerprint density at radius 1 is 0.462 bits per heavy atom. The molecule has 3 fully saturated rings. The van der Waals surface area contributed by atoms with Gasteiger partial charge in [-0.3, -0.25) is 0 Å². The Kier molecular flexibility index (Phi) is 9.90. The van der Waals surface area contributed by atoms with Crippen molar-refractivity contribution >= 4 is 47.8 Å². The number of hydrogen-bond acceptors (Lipinski definition) is 12. The van der Waals surface area contributed by atoms with Crippen molar-refractivity contribution in [3.05, 3.63) is 25.3 Å². The second-order valence-electron chi connectivity index (χ2n) is 10.1. The first kappa shape index (κ1) is 28.9. The molecule has 0 amide bonds. The third-order valence-corrected chi connectivity index (χ3v) is 7.08. The monoisotopic (exact) mass is 580 g/mol. The predicted molar refractivity (Wildman–Crippen MR) is 148 cm³/mol. The van der Waals surface area contributed by atoms with Gasteiger partial charge in [0, 0.05) is 0 Å². The molecule has 0 atom stereocenters. The fourth-order valence-electron chi connectivity index (χ4n) is 4.86. The van der Waals surface area contributed by atoms with E-state index < -0.39 is 13.5 Å². The third-order valence-electron chi connectivity index (χ3n) is 7.08. The van der Waals surface area contributed by atoms with E-state index in [-0.39, 0.29) is 29.7 Å². The molecule has 6 rings (SSSR count). The van der Waals surface area contributed by atoms with Crippen LogP contribution in [0.2, 0.25) is 12.6 Å². The molecule has 15 heteroatoms. The fraction of sp³-hybridized carbons (Fsp3) is 0.583. The van der Waals surface area contributed by atoms with Crippen LogP contribution in [0.4, 0.5) is 0 Å². The molecular weight excluding hydrogens is 546 g/mol. The van der Waals surface area contributed by atoms with Gasteiger partial charge in [0.2, 0.25) is 0 Å². The first-order chi connectivity index (χ1) is 18.6. The van der Waals surface area contributed by atoms with Crippen LogP contribution in [0, 0.1) is 0 Å². The van der Waals surface area contributed by atoms with Gasteiger partial charge in [-0.1, -0.05) is 0 Å². The molecule has 6 aliphatic rings. The van der Waals surface area contributed by atoms with E-state index in [9.17, 15) is 0 Å². The van der Waals surface area contributed by atoms with Gasteiger partial charge in [-0.25, -0.2) is 0 Å². The molecule has 0 spiro atoms. The van der Waals surface area contributed by atoms with Crippen LogP contribution in [-0.4, -0.2) is 47.8 Å². The van der Waals surface area contributed by atoms with E-state index in [0.717, 1.165) is 38.5 Å². The molecule has 0 radical (unpaired) electrons. The maximum Gasteiger partial charge on any atom is 2.00 e. The van der Waals surface area contributed by atoms with Gasteiger partial charge in [-0.15, -0.1) is 56.2 Å². The zero-order chi connectivity index (χ0) is 26.3. The van der Waals surface area contributed by atoms with Gasteiger partial charge >= 0.3 is 30.6 Å². The van der Waals surface area contributed by atoms with Gasteiger partial charge in [0.05, 0.1) is 34.3 Å². The van der Waals surface area contributed by atoms with E-state index in [1.54, 1.807) is 12.2 Å². The Balaban J connectivity index is 0.00000353. The molecular formula is C24H34B2FeN6O6. The summed E-state index contributed by atoms with van der Waals surface area (Å²) in [5, 5.41) is 26.7. The Morgan fingerprint density at radius 2 is 0.667 bits per heavy atom. The SMILES string of the molecule is C=CC[B-]12O/N=C3\CCCC\C3=N/O[B-](CC=C)(O/N=C3\CCCC\C3=N/O1)O/N=C1\CCCC\C1=N/O2.[Fe+2]. The number of rotatable bonds is 4. The fourth-order valence-corrected chi connectivity index (χ4v) is 4.86. The molecule has 0 aromatic rings. The summed E-state index contributed by atoms with van der Waals surface area (Å²) in [6.07, 6.45) is 13.0. The Hall–Kier alpha value is -3.05. The van der Waals surface area contributed by atoms with Crippen molar-refractivity contribution in [2.45, 2.75) is 89.7 Å². The van der Waals surface area contributed by atoms with Gasteiger partial charge < -0.3 is 28.5 Å². The molecule has 3 saturated carbocycles. The van der Waals surface area contributed by atoms with Crippen molar-refractivity contribution in [2.24, 2.45) is 30.9 Å². The van der Waals surface area contributed by atoms with Gasteiger partial charge in [0.25, 0.3) is 0 Å². The topological polar surface area (TPSA) is 130 Å². The van der Waals surface area contributed by atoms with Gasteiger partial charge in [0.1, 0.15) is 0 Å². The summed E-state index contributed by atoms with van der Waals surface area (Å²) < 4.78 is 36.2. The molecule has 0 unspecified atom stereocenters. The van der Waals surface area contributed by atoms with Gasteiger partial charge in [-0.2, -0.15) is 0 Å². The number of oxime groups is 6. The number of nitrogens with zero attached hydrogens (tertiary/aromatic N) is 6. The maximum absolute atomic E-state index is 6.04. The van der Waals surface area contributed by atoms with E-state index >= 15 is 0 Å². The van der Waals surface area contributed by atoms with Crippen molar-refractivity contribution in [2.75, 3.05) is 0 Å². The van der Waals surface area contributed by atoms with E-state index in [1.807, 2.05) is 0 Å². The molecule has 0 aromatic heterocycles. The average Bonchev–Trinajstić information content (AvgIpc) is 2.95. The summed E-state index contributed by atoms with van der Waals surface area (Å²) >= 11 is 0. The zero-order valence-electron chi connectivity index (χ0n) is 22.1. The number of allylic oxidation sites excluding steroid dienone is 2. The minimum Gasteiger partial charge on any atom is -0.540 e. The Bertz CT molecular complexity index is 919. The largest absolute Gasteiger partial charge is 2.00 e.